The molecule has 0 aliphatic rings. The van der Waals surface area contributed by atoms with E-state index in [0.29, 0.717) is 16.8 Å². The highest BCUT2D eigenvalue weighted by atomic mass is 35.5. The Balaban J connectivity index is 2.07. The summed E-state index contributed by atoms with van der Waals surface area (Å²) < 4.78 is 5.74. The SMILES string of the molecule is Clc1nc(-c2ccccc2)oc1-c1ccccc1. The minimum absolute atomic E-state index is 0.389. The molecule has 0 fully saturated rings. The fourth-order valence-electron chi connectivity index (χ4n) is 1.77. The average Bonchev–Trinajstić information content (AvgIpc) is 2.83. The zero-order valence-electron chi connectivity index (χ0n) is 9.51. The molecule has 0 N–H and O–H groups in total. The van der Waals surface area contributed by atoms with Crippen LogP contribution in [0, 0.1) is 0 Å². The number of hydrogen-bond acceptors (Lipinski definition) is 2. The third-order valence-corrected chi connectivity index (χ3v) is 2.90. The van der Waals surface area contributed by atoms with E-state index in [9.17, 15) is 0 Å². The Bertz CT molecular complexity index is 647. The number of nitrogens with zero attached hydrogens (tertiary/aromatic N) is 1. The lowest BCUT2D eigenvalue weighted by Gasteiger charge is -1.96. The number of rotatable bonds is 2. The van der Waals surface area contributed by atoms with E-state index in [-0.39, 0.29) is 0 Å². The van der Waals surface area contributed by atoms with Crippen molar-refractivity contribution in [3.63, 3.8) is 0 Å². The van der Waals surface area contributed by atoms with E-state index in [2.05, 4.69) is 4.98 Å². The first kappa shape index (κ1) is 11.1. The molecule has 0 saturated heterocycles. The van der Waals surface area contributed by atoms with Crippen LogP contribution in [-0.4, -0.2) is 4.98 Å². The number of oxazole rings is 1. The molecule has 0 aliphatic carbocycles. The molecule has 0 radical (unpaired) electrons. The van der Waals surface area contributed by atoms with Gasteiger partial charge in [0.15, 0.2) is 10.9 Å². The lowest BCUT2D eigenvalue weighted by molar-refractivity contribution is 0.589. The first-order chi connectivity index (χ1) is 8.84. The number of hydrogen-bond donors (Lipinski definition) is 0. The van der Waals surface area contributed by atoms with E-state index in [1.54, 1.807) is 0 Å². The Morgan fingerprint density at radius 3 is 1.94 bits per heavy atom. The van der Waals surface area contributed by atoms with E-state index < -0.39 is 0 Å². The predicted molar refractivity (Wildman–Crippen MR) is 72.4 cm³/mol. The van der Waals surface area contributed by atoms with E-state index in [0.717, 1.165) is 11.1 Å². The van der Waals surface area contributed by atoms with Gasteiger partial charge >= 0.3 is 0 Å². The van der Waals surface area contributed by atoms with Gasteiger partial charge in [-0.1, -0.05) is 60.1 Å². The fraction of sp³-hybridized carbons (Fsp3) is 0. The number of halogens is 1. The molecular weight excluding hydrogens is 246 g/mol. The molecule has 2 aromatic carbocycles. The molecule has 3 heteroatoms. The van der Waals surface area contributed by atoms with Gasteiger partial charge in [0.05, 0.1) is 0 Å². The molecule has 88 valence electrons. The maximum Gasteiger partial charge on any atom is 0.228 e. The van der Waals surface area contributed by atoms with Gasteiger partial charge < -0.3 is 4.42 Å². The number of benzene rings is 2. The standard InChI is InChI=1S/C15H10ClNO/c16-14-13(11-7-3-1-4-8-11)18-15(17-14)12-9-5-2-6-10-12/h1-10H. The summed E-state index contributed by atoms with van der Waals surface area (Å²) in [6.45, 7) is 0. The van der Waals surface area contributed by atoms with Gasteiger partial charge in [0.1, 0.15) is 0 Å². The molecule has 0 aliphatic heterocycles. The molecule has 0 atom stereocenters. The van der Waals surface area contributed by atoms with Gasteiger partial charge in [0.2, 0.25) is 5.89 Å². The molecule has 3 rings (SSSR count). The summed E-state index contributed by atoms with van der Waals surface area (Å²) in [6.07, 6.45) is 0. The second kappa shape index (κ2) is 4.67. The van der Waals surface area contributed by atoms with Crippen molar-refractivity contribution in [2.24, 2.45) is 0 Å². The van der Waals surface area contributed by atoms with Gasteiger partial charge in [-0.15, -0.1) is 0 Å². The molecule has 0 saturated carbocycles. The minimum Gasteiger partial charge on any atom is -0.434 e. The summed E-state index contributed by atoms with van der Waals surface area (Å²) in [5.41, 5.74) is 1.85. The quantitative estimate of drug-likeness (QED) is 0.665. The van der Waals surface area contributed by atoms with Gasteiger partial charge in [0.25, 0.3) is 0 Å². The smallest absolute Gasteiger partial charge is 0.228 e. The topological polar surface area (TPSA) is 26.0 Å². The second-order valence-corrected chi connectivity index (χ2v) is 4.23. The largest absolute Gasteiger partial charge is 0.434 e. The Kier molecular flexibility index (Phi) is 2.87. The lowest BCUT2D eigenvalue weighted by Crippen LogP contribution is -1.74. The maximum atomic E-state index is 6.12. The van der Waals surface area contributed by atoms with Crippen molar-refractivity contribution in [1.29, 1.82) is 0 Å². The van der Waals surface area contributed by atoms with Crippen LogP contribution in [0.3, 0.4) is 0 Å². The van der Waals surface area contributed by atoms with Crippen LogP contribution in [0.15, 0.2) is 65.1 Å². The highest BCUT2D eigenvalue weighted by molar-refractivity contribution is 6.31. The molecule has 0 amide bonds. The zero-order valence-corrected chi connectivity index (χ0v) is 10.3. The molecular formula is C15H10ClNO. The van der Waals surface area contributed by atoms with Crippen LogP contribution in [0.25, 0.3) is 22.8 Å². The summed E-state index contributed by atoms with van der Waals surface area (Å²) in [6, 6.07) is 19.4. The van der Waals surface area contributed by atoms with Crippen LogP contribution in [0.1, 0.15) is 0 Å². The van der Waals surface area contributed by atoms with Crippen molar-refractivity contribution in [2.45, 2.75) is 0 Å². The fourth-order valence-corrected chi connectivity index (χ4v) is 2.00. The van der Waals surface area contributed by atoms with Crippen LogP contribution < -0.4 is 0 Å². The summed E-state index contributed by atoms with van der Waals surface area (Å²) in [4.78, 5) is 4.26. The minimum atomic E-state index is 0.389. The van der Waals surface area contributed by atoms with Crippen molar-refractivity contribution >= 4 is 11.6 Å². The highest BCUT2D eigenvalue weighted by Gasteiger charge is 2.13. The van der Waals surface area contributed by atoms with Crippen LogP contribution in [-0.2, 0) is 0 Å². The molecule has 3 aromatic rings. The van der Waals surface area contributed by atoms with Gasteiger partial charge in [0, 0.05) is 11.1 Å². The van der Waals surface area contributed by atoms with Crippen LogP contribution in [0.4, 0.5) is 0 Å². The third-order valence-electron chi connectivity index (χ3n) is 2.64. The highest BCUT2D eigenvalue weighted by Crippen LogP contribution is 2.32. The summed E-state index contributed by atoms with van der Waals surface area (Å²) in [5, 5.41) is 0.389. The van der Waals surface area contributed by atoms with Crippen molar-refractivity contribution in [3.8, 4) is 22.8 Å². The van der Waals surface area contributed by atoms with E-state index in [1.807, 2.05) is 60.7 Å². The van der Waals surface area contributed by atoms with Crippen LogP contribution in [0.2, 0.25) is 5.15 Å². The Hall–Kier alpha value is -2.06. The van der Waals surface area contributed by atoms with Gasteiger partial charge in [-0.25, -0.2) is 0 Å². The zero-order chi connectivity index (χ0) is 12.4. The maximum absolute atomic E-state index is 6.12. The molecule has 1 aromatic heterocycles. The van der Waals surface area contributed by atoms with Gasteiger partial charge in [-0.05, 0) is 12.1 Å². The van der Waals surface area contributed by atoms with Crippen molar-refractivity contribution in [3.05, 3.63) is 65.8 Å². The Morgan fingerprint density at radius 2 is 1.33 bits per heavy atom. The first-order valence-electron chi connectivity index (χ1n) is 5.62. The molecule has 0 spiro atoms. The first-order valence-corrected chi connectivity index (χ1v) is 5.99. The summed E-state index contributed by atoms with van der Waals surface area (Å²) in [5.74, 6) is 1.15. The normalized spacial score (nSPS) is 10.5. The van der Waals surface area contributed by atoms with Crippen molar-refractivity contribution in [1.82, 2.24) is 4.98 Å². The average molecular weight is 256 g/mol. The van der Waals surface area contributed by atoms with Crippen molar-refractivity contribution < 1.29 is 4.42 Å². The Labute approximate surface area is 110 Å². The monoisotopic (exact) mass is 255 g/mol. The van der Waals surface area contributed by atoms with Crippen LogP contribution >= 0.6 is 11.6 Å². The molecule has 0 bridgehead atoms. The lowest BCUT2D eigenvalue weighted by atomic mass is 10.2. The second-order valence-electron chi connectivity index (χ2n) is 3.87. The molecule has 18 heavy (non-hydrogen) atoms. The van der Waals surface area contributed by atoms with E-state index in [4.69, 9.17) is 16.0 Å². The molecule has 2 nitrogen and oxygen atoms in total. The summed E-state index contributed by atoms with van der Waals surface area (Å²) in [7, 11) is 0. The van der Waals surface area contributed by atoms with E-state index in [1.165, 1.54) is 0 Å². The van der Waals surface area contributed by atoms with E-state index >= 15 is 0 Å². The number of aromatic nitrogens is 1. The van der Waals surface area contributed by atoms with Crippen molar-refractivity contribution in [2.75, 3.05) is 0 Å². The Morgan fingerprint density at radius 1 is 0.778 bits per heavy atom. The molecule has 0 unspecified atom stereocenters. The molecule has 1 heterocycles. The van der Waals surface area contributed by atoms with Gasteiger partial charge in [-0.2, -0.15) is 4.98 Å². The summed E-state index contributed by atoms with van der Waals surface area (Å²) >= 11 is 6.12. The predicted octanol–water partition coefficient (Wildman–Crippen LogP) is 4.66. The van der Waals surface area contributed by atoms with Gasteiger partial charge in [-0.3, -0.25) is 0 Å². The van der Waals surface area contributed by atoms with Crippen LogP contribution in [0.5, 0.6) is 0 Å². The third kappa shape index (κ3) is 2.03.